The number of benzene rings is 1. The molecule has 0 unspecified atom stereocenters. The van der Waals surface area contributed by atoms with Crippen LogP contribution >= 0.6 is 0 Å². The molecule has 5 nitrogen and oxygen atoms in total. The fraction of sp³-hybridized carbons (Fsp3) is 0.429. The number of amides is 2. The minimum atomic E-state index is -0.723. The number of nitrogens with zero attached hydrogens (tertiary/aromatic N) is 1. The lowest BCUT2D eigenvalue weighted by Gasteiger charge is -2.20. The van der Waals surface area contributed by atoms with Gasteiger partial charge in [-0.05, 0) is 31.9 Å². The summed E-state index contributed by atoms with van der Waals surface area (Å²) in [7, 11) is 1.60. The third-order valence-corrected chi connectivity index (χ3v) is 3.28. The van der Waals surface area contributed by atoms with Crippen LogP contribution in [0, 0.1) is 6.92 Å². The molecule has 1 fully saturated rings. The zero-order chi connectivity index (χ0) is 14.0. The summed E-state index contributed by atoms with van der Waals surface area (Å²) in [5.41, 5.74) is 6.95. The molecule has 1 aromatic rings. The van der Waals surface area contributed by atoms with Gasteiger partial charge in [-0.2, -0.15) is 0 Å². The number of likely N-dealkylation sites (N-methyl/N-ethyl adjacent to an activating group) is 1. The number of aryl methyl sites for hydroxylation is 1. The van der Waals surface area contributed by atoms with Crippen LogP contribution in [0.25, 0.3) is 0 Å². The van der Waals surface area contributed by atoms with Crippen LogP contribution in [0.2, 0.25) is 0 Å². The first-order chi connectivity index (χ1) is 8.90. The largest absolute Gasteiger partial charge is 0.335 e. The Balaban J connectivity index is 1.87. The Kier molecular flexibility index (Phi) is 3.57. The van der Waals surface area contributed by atoms with E-state index in [9.17, 15) is 9.59 Å². The van der Waals surface area contributed by atoms with Crippen molar-refractivity contribution in [2.75, 3.05) is 18.9 Å². The van der Waals surface area contributed by atoms with E-state index >= 15 is 0 Å². The van der Waals surface area contributed by atoms with Crippen molar-refractivity contribution >= 4 is 17.5 Å². The smallest absolute Gasteiger partial charge is 0.243 e. The topological polar surface area (TPSA) is 75.4 Å². The van der Waals surface area contributed by atoms with Gasteiger partial charge >= 0.3 is 0 Å². The molecule has 0 heterocycles. The van der Waals surface area contributed by atoms with E-state index in [0.717, 1.165) is 11.3 Å². The lowest BCUT2D eigenvalue weighted by molar-refractivity contribution is -0.135. The van der Waals surface area contributed by atoms with Crippen molar-refractivity contribution in [1.29, 1.82) is 0 Å². The van der Waals surface area contributed by atoms with Gasteiger partial charge in [-0.15, -0.1) is 0 Å². The van der Waals surface area contributed by atoms with Gasteiger partial charge in [-0.3, -0.25) is 9.59 Å². The average Bonchev–Trinajstić information content (AvgIpc) is 3.10. The van der Waals surface area contributed by atoms with Gasteiger partial charge in [0.1, 0.15) is 0 Å². The Bertz CT molecular complexity index is 492. The number of anilines is 1. The average molecular weight is 261 g/mol. The van der Waals surface area contributed by atoms with E-state index < -0.39 is 5.54 Å². The zero-order valence-electron chi connectivity index (χ0n) is 11.3. The van der Waals surface area contributed by atoms with Gasteiger partial charge < -0.3 is 16.0 Å². The highest BCUT2D eigenvalue weighted by Crippen LogP contribution is 2.33. The summed E-state index contributed by atoms with van der Waals surface area (Å²) in [5.74, 6) is -0.379. The third kappa shape index (κ3) is 3.32. The molecule has 1 saturated carbocycles. The minimum Gasteiger partial charge on any atom is -0.335 e. The molecule has 1 aliphatic carbocycles. The van der Waals surface area contributed by atoms with E-state index in [4.69, 9.17) is 5.73 Å². The quantitative estimate of drug-likeness (QED) is 0.845. The van der Waals surface area contributed by atoms with Crippen LogP contribution in [0.3, 0.4) is 0 Å². The highest BCUT2D eigenvalue weighted by atomic mass is 16.2. The lowest BCUT2D eigenvalue weighted by Crippen LogP contribution is -2.46. The van der Waals surface area contributed by atoms with E-state index in [2.05, 4.69) is 5.32 Å². The van der Waals surface area contributed by atoms with Crippen LogP contribution in [0.15, 0.2) is 24.3 Å². The summed E-state index contributed by atoms with van der Waals surface area (Å²) in [6, 6.07) is 7.51. The van der Waals surface area contributed by atoms with Crippen LogP contribution in [0.1, 0.15) is 18.4 Å². The molecule has 0 spiro atoms. The predicted octanol–water partition coefficient (Wildman–Crippen LogP) is 0.883. The Labute approximate surface area is 112 Å². The highest BCUT2D eigenvalue weighted by molar-refractivity contribution is 5.96. The third-order valence-electron chi connectivity index (χ3n) is 3.28. The molecule has 1 aromatic carbocycles. The molecule has 0 saturated heterocycles. The lowest BCUT2D eigenvalue weighted by atomic mass is 10.2. The second-order valence-corrected chi connectivity index (χ2v) is 5.23. The second-order valence-electron chi connectivity index (χ2n) is 5.23. The maximum absolute atomic E-state index is 11.9. The van der Waals surface area contributed by atoms with E-state index in [0.29, 0.717) is 12.8 Å². The number of hydrogen-bond acceptors (Lipinski definition) is 3. The SMILES string of the molecule is Cc1ccc(NC(=O)CN(C)C(=O)C2(N)CC2)cc1. The first-order valence-electron chi connectivity index (χ1n) is 6.32. The van der Waals surface area contributed by atoms with Crippen LogP contribution < -0.4 is 11.1 Å². The summed E-state index contributed by atoms with van der Waals surface area (Å²) in [6.45, 7) is 2.00. The molecule has 2 rings (SSSR count). The molecule has 0 aliphatic heterocycles. The van der Waals surface area contributed by atoms with Crippen LogP contribution in [-0.4, -0.2) is 35.8 Å². The van der Waals surface area contributed by atoms with Crippen molar-refractivity contribution < 1.29 is 9.59 Å². The molecule has 5 heteroatoms. The second kappa shape index (κ2) is 5.01. The predicted molar refractivity (Wildman–Crippen MR) is 73.6 cm³/mol. The van der Waals surface area contributed by atoms with Crippen molar-refractivity contribution in [1.82, 2.24) is 4.90 Å². The molecule has 19 heavy (non-hydrogen) atoms. The van der Waals surface area contributed by atoms with Crippen molar-refractivity contribution in [3.05, 3.63) is 29.8 Å². The number of nitrogens with two attached hydrogens (primary N) is 1. The van der Waals surface area contributed by atoms with Crippen molar-refractivity contribution in [2.24, 2.45) is 5.73 Å². The number of carbonyl (C=O) groups excluding carboxylic acids is 2. The molecule has 3 N–H and O–H groups in total. The fourth-order valence-electron chi connectivity index (χ4n) is 1.85. The van der Waals surface area contributed by atoms with E-state index in [1.54, 1.807) is 7.05 Å². The molecule has 0 bridgehead atoms. The summed E-state index contributed by atoms with van der Waals surface area (Å²) in [6.07, 6.45) is 1.41. The standard InChI is InChI=1S/C14H19N3O2/c1-10-3-5-11(6-4-10)16-12(18)9-17(2)13(19)14(15)7-8-14/h3-6H,7-9,15H2,1-2H3,(H,16,18). The van der Waals surface area contributed by atoms with Gasteiger partial charge in [0, 0.05) is 12.7 Å². The van der Waals surface area contributed by atoms with Crippen molar-refractivity contribution in [2.45, 2.75) is 25.3 Å². The molecule has 1 aliphatic rings. The van der Waals surface area contributed by atoms with E-state index in [1.807, 2.05) is 31.2 Å². The first-order valence-corrected chi connectivity index (χ1v) is 6.32. The maximum atomic E-state index is 11.9. The summed E-state index contributed by atoms with van der Waals surface area (Å²) < 4.78 is 0. The Morgan fingerprint density at radius 3 is 2.42 bits per heavy atom. The molecular weight excluding hydrogens is 242 g/mol. The Morgan fingerprint density at radius 1 is 1.32 bits per heavy atom. The molecule has 0 radical (unpaired) electrons. The molecule has 2 amide bonds. The van der Waals surface area contributed by atoms with Crippen LogP contribution in [0.5, 0.6) is 0 Å². The number of carbonyl (C=O) groups is 2. The number of hydrogen-bond donors (Lipinski definition) is 2. The highest BCUT2D eigenvalue weighted by Gasteiger charge is 2.47. The summed E-state index contributed by atoms with van der Waals surface area (Å²) in [4.78, 5) is 25.1. The molecule has 0 aromatic heterocycles. The maximum Gasteiger partial charge on any atom is 0.243 e. The zero-order valence-corrected chi connectivity index (χ0v) is 11.3. The van der Waals surface area contributed by atoms with E-state index in [-0.39, 0.29) is 18.4 Å². The van der Waals surface area contributed by atoms with Crippen molar-refractivity contribution in [3.8, 4) is 0 Å². The monoisotopic (exact) mass is 261 g/mol. The molecule has 102 valence electrons. The van der Waals surface area contributed by atoms with Gasteiger partial charge in [-0.25, -0.2) is 0 Å². The van der Waals surface area contributed by atoms with Gasteiger partial charge in [-0.1, -0.05) is 17.7 Å². The summed E-state index contributed by atoms with van der Waals surface area (Å²) in [5, 5.41) is 2.75. The van der Waals surface area contributed by atoms with Gasteiger partial charge in [0.2, 0.25) is 11.8 Å². The van der Waals surface area contributed by atoms with Gasteiger partial charge in [0.25, 0.3) is 0 Å². The normalized spacial score (nSPS) is 15.7. The van der Waals surface area contributed by atoms with Crippen LogP contribution in [-0.2, 0) is 9.59 Å². The van der Waals surface area contributed by atoms with Gasteiger partial charge in [0.05, 0.1) is 12.1 Å². The minimum absolute atomic E-state index is 0.0195. The van der Waals surface area contributed by atoms with Gasteiger partial charge in [0.15, 0.2) is 0 Å². The molecule has 0 atom stereocenters. The number of nitrogens with one attached hydrogen (secondary N) is 1. The van der Waals surface area contributed by atoms with Crippen molar-refractivity contribution in [3.63, 3.8) is 0 Å². The Morgan fingerprint density at radius 2 is 1.89 bits per heavy atom. The Hall–Kier alpha value is -1.88. The summed E-state index contributed by atoms with van der Waals surface area (Å²) >= 11 is 0. The fourth-order valence-corrected chi connectivity index (χ4v) is 1.85. The molecular formula is C14H19N3O2. The first kappa shape index (κ1) is 13.5. The van der Waals surface area contributed by atoms with E-state index in [1.165, 1.54) is 4.90 Å². The van der Waals surface area contributed by atoms with Crippen LogP contribution in [0.4, 0.5) is 5.69 Å². The number of rotatable bonds is 4.